The molecule has 1 amide bonds. The highest BCUT2D eigenvalue weighted by Crippen LogP contribution is 2.29. The van der Waals surface area contributed by atoms with Crippen LogP contribution in [-0.2, 0) is 9.59 Å². The Labute approximate surface area is 131 Å². The molecule has 1 saturated carbocycles. The van der Waals surface area contributed by atoms with Crippen molar-refractivity contribution in [3.05, 3.63) is 34.9 Å². The van der Waals surface area contributed by atoms with Gasteiger partial charge in [0, 0.05) is 5.92 Å². The summed E-state index contributed by atoms with van der Waals surface area (Å²) in [6, 6.07) is 6.28. The third-order valence-corrected chi connectivity index (χ3v) is 4.55. The third kappa shape index (κ3) is 4.09. The van der Waals surface area contributed by atoms with Gasteiger partial charge < -0.3 is 10.4 Å². The molecule has 4 heteroatoms. The first-order valence-electron chi connectivity index (χ1n) is 7.98. The SMILES string of the molecule is Cc1cc(C)cc(C(C)NC(=O)C2CCC(C(=O)O)CC2)c1. The molecule has 0 spiro atoms. The summed E-state index contributed by atoms with van der Waals surface area (Å²) in [4.78, 5) is 23.3. The number of rotatable bonds is 4. The monoisotopic (exact) mass is 303 g/mol. The van der Waals surface area contributed by atoms with Crippen LogP contribution >= 0.6 is 0 Å². The maximum Gasteiger partial charge on any atom is 0.306 e. The van der Waals surface area contributed by atoms with Crippen molar-refractivity contribution < 1.29 is 14.7 Å². The number of hydrogen-bond donors (Lipinski definition) is 2. The second-order valence-electron chi connectivity index (χ2n) is 6.54. The third-order valence-electron chi connectivity index (χ3n) is 4.55. The maximum atomic E-state index is 12.4. The summed E-state index contributed by atoms with van der Waals surface area (Å²) >= 11 is 0. The summed E-state index contributed by atoms with van der Waals surface area (Å²) < 4.78 is 0. The molecule has 1 unspecified atom stereocenters. The highest BCUT2D eigenvalue weighted by molar-refractivity contribution is 5.79. The molecule has 1 fully saturated rings. The molecule has 0 radical (unpaired) electrons. The fraction of sp³-hybridized carbons (Fsp3) is 0.556. The molecule has 0 heterocycles. The first-order chi connectivity index (χ1) is 10.4. The average Bonchev–Trinajstić information content (AvgIpc) is 2.46. The van der Waals surface area contributed by atoms with E-state index in [1.807, 2.05) is 6.92 Å². The van der Waals surface area contributed by atoms with Crippen LogP contribution < -0.4 is 5.32 Å². The Hall–Kier alpha value is -1.84. The zero-order valence-corrected chi connectivity index (χ0v) is 13.6. The molecule has 1 aromatic rings. The molecular formula is C18H25NO3. The Morgan fingerprint density at radius 3 is 2.05 bits per heavy atom. The van der Waals surface area contributed by atoms with Gasteiger partial charge in [-0.2, -0.15) is 0 Å². The van der Waals surface area contributed by atoms with E-state index in [2.05, 4.69) is 37.4 Å². The van der Waals surface area contributed by atoms with Gasteiger partial charge in [0.2, 0.25) is 5.91 Å². The van der Waals surface area contributed by atoms with Crippen LogP contribution in [0.2, 0.25) is 0 Å². The van der Waals surface area contributed by atoms with E-state index in [0.29, 0.717) is 25.7 Å². The highest BCUT2D eigenvalue weighted by atomic mass is 16.4. The number of benzene rings is 1. The van der Waals surface area contributed by atoms with Gasteiger partial charge >= 0.3 is 5.97 Å². The lowest BCUT2D eigenvalue weighted by molar-refractivity contribution is -0.144. The van der Waals surface area contributed by atoms with Gasteiger partial charge in [-0.15, -0.1) is 0 Å². The Kier molecular flexibility index (Phi) is 5.22. The van der Waals surface area contributed by atoms with Crippen LogP contribution in [0.1, 0.15) is 55.3 Å². The first-order valence-corrected chi connectivity index (χ1v) is 7.98. The molecule has 0 aliphatic heterocycles. The summed E-state index contributed by atoms with van der Waals surface area (Å²) in [5.41, 5.74) is 3.50. The van der Waals surface area contributed by atoms with Crippen LogP contribution in [0.25, 0.3) is 0 Å². The number of carboxylic acids is 1. The summed E-state index contributed by atoms with van der Waals surface area (Å²) in [6.45, 7) is 6.10. The largest absolute Gasteiger partial charge is 0.481 e. The summed E-state index contributed by atoms with van der Waals surface area (Å²) in [6.07, 6.45) is 2.54. The van der Waals surface area contributed by atoms with Crippen molar-refractivity contribution in [2.75, 3.05) is 0 Å². The Balaban J connectivity index is 1.93. The number of carbonyl (C=O) groups excluding carboxylic acids is 1. The van der Waals surface area contributed by atoms with Gasteiger partial charge in [-0.3, -0.25) is 9.59 Å². The number of nitrogens with one attached hydrogen (secondary N) is 1. The lowest BCUT2D eigenvalue weighted by Gasteiger charge is -2.26. The number of amides is 1. The zero-order valence-electron chi connectivity index (χ0n) is 13.6. The molecule has 22 heavy (non-hydrogen) atoms. The number of aliphatic carboxylic acids is 1. The minimum atomic E-state index is -0.734. The predicted molar refractivity (Wildman–Crippen MR) is 85.6 cm³/mol. The Morgan fingerprint density at radius 2 is 1.55 bits per heavy atom. The van der Waals surface area contributed by atoms with Crippen LogP contribution in [0, 0.1) is 25.7 Å². The topological polar surface area (TPSA) is 66.4 Å². The molecule has 1 atom stereocenters. The summed E-state index contributed by atoms with van der Waals surface area (Å²) in [5, 5.41) is 12.1. The quantitative estimate of drug-likeness (QED) is 0.896. The standard InChI is InChI=1S/C18H25NO3/c1-11-8-12(2)10-16(9-11)13(3)19-17(20)14-4-6-15(7-5-14)18(21)22/h8-10,13-15H,4-7H2,1-3H3,(H,19,20)(H,21,22). The minimum Gasteiger partial charge on any atom is -0.481 e. The molecule has 0 saturated heterocycles. The van der Waals surface area contributed by atoms with Crippen LogP contribution in [-0.4, -0.2) is 17.0 Å². The molecule has 0 bridgehead atoms. The molecule has 4 nitrogen and oxygen atoms in total. The fourth-order valence-corrected chi connectivity index (χ4v) is 3.28. The Morgan fingerprint density at radius 1 is 1.05 bits per heavy atom. The van der Waals surface area contributed by atoms with Crippen molar-refractivity contribution in [2.24, 2.45) is 11.8 Å². The van der Waals surface area contributed by atoms with E-state index in [1.165, 1.54) is 11.1 Å². The molecule has 2 N–H and O–H groups in total. The van der Waals surface area contributed by atoms with Crippen LogP contribution in [0.15, 0.2) is 18.2 Å². The van der Waals surface area contributed by atoms with Gasteiger partial charge in [0.1, 0.15) is 0 Å². The van der Waals surface area contributed by atoms with Crippen molar-refractivity contribution in [3.63, 3.8) is 0 Å². The van der Waals surface area contributed by atoms with Crippen LogP contribution in [0.3, 0.4) is 0 Å². The summed E-state index contributed by atoms with van der Waals surface area (Å²) in [5.74, 6) is -1.01. The molecule has 1 aliphatic carbocycles. The second-order valence-corrected chi connectivity index (χ2v) is 6.54. The number of aryl methyl sites for hydroxylation is 2. The zero-order chi connectivity index (χ0) is 16.3. The number of hydrogen-bond acceptors (Lipinski definition) is 2. The van der Waals surface area contributed by atoms with Crippen molar-refractivity contribution in [1.82, 2.24) is 5.32 Å². The fourth-order valence-electron chi connectivity index (χ4n) is 3.28. The van der Waals surface area contributed by atoms with E-state index in [9.17, 15) is 9.59 Å². The van der Waals surface area contributed by atoms with Gasteiger partial charge in [0.05, 0.1) is 12.0 Å². The van der Waals surface area contributed by atoms with Gasteiger partial charge in [0.25, 0.3) is 0 Å². The van der Waals surface area contributed by atoms with Crippen molar-refractivity contribution in [3.8, 4) is 0 Å². The molecular weight excluding hydrogens is 278 g/mol. The van der Waals surface area contributed by atoms with Crippen molar-refractivity contribution in [2.45, 2.75) is 52.5 Å². The average molecular weight is 303 g/mol. The van der Waals surface area contributed by atoms with E-state index in [0.717, 1.165) is 5.56 Å². The normalized spacial score (nSPS) is 22.9. The van der Waals surface area contributed by atoms with E-state index >= 15 is 0 Å². The molecule has 1 aromatic carbocycles. The van der Waals surface area contributed by atoms with Gasteiger partial charge in [0.15, 0.2) is 0 Å². The van der Waals surface area contributed by atoms with Gasteiger partial charge in [-0.1, -0.05) is 29.3 Å². The van der Waals surface area contributed by atoms with E-state index < -0.39 is 5.97 Å². The van der Waals surface area contributed by atoms with E-state index in [-0.39, 0.29) is 23.8 Å². The summed E-state index contributed by atoms with van der Waals surface area (Å²) in [7, 11) is 0. The molecule has 2 rings (SSSR count). The maximum absolute atomic E-state index is 12.4. The number of carbonyl (C=O) groups is 2. The van der Waals surface area contributed by atoms with E-state index in [1.54, 1.807) is 0 Å². The molecule has 1 aliphatic rings. The van der Waals surface area contributed by atoms with E-state index in [4.69, 9.17) is 5.11 Å². The lowest BCUT2D eigenvalue weighted by atomic mass is 9.81. The van der Waals surface area contributed by atoms with Crippen LogP contribution in [0.4, 0.5) is 0 Å². The van der Waals surface area contributed by atoms with Gasteiger partial charge in [-0.25, -0.2) is 0 Å². The van der Waals surface area contributed by atoms with Gasteiger partial charge in [-0.05, 0) is 52.0 Å². The molecule has 0 aromatic heterocycles. The predicted octanol–water partition coefficient (Wildman–Crippen LogP) is 3.37. The van der Waals surface area contributed by atoms with Crippen molar-refractivity contribution in [1.29, 1.82) is 0 Å². The number of carboxylic acid groups (broad SMARTS) is 1. The van der Waals surface area contributed by atoms with Crippen LogP contribution in [0.5, 0.6) is 0 Å². The first kappa shape index (κ1) is 16.5. The van der Waals surface area contributed by atoms with Crippen molar-refractivity contribution >= 4 is 11.9 Å². The Bertz CT molecular complexity index is 539. The second kappa shape index (κ2) is 6.95. The minimum absolute atomic E-state index is 0.0247. The molecule has 120 valence electrons. The smallest absolute Gasteiger partial charge is 0.306 e. The lowest BCUT2D eigenvalue weighted by Crippen LogP contribution is -2.35. The highest BCUT2D eigenvalue weighted by Gasteiger charge is 2.30.